The largest absolute Gasteiger partial charge is 0.462 e. The molecule has 0 unspecified atom stereocenters. The van der Waals surface area contributed by atoms with Gasteiger partial charge < -0.3 is 9.47 Å². The highest BCUT2D eigenvalue weighted by Crippen LogP contribution is 2.43. The summed E-state index contributed by atoms with van der Waals surface area (Å²) in [6.07, 6.45) is 6.65. The molecule has 1 saturated carbocycles. The summed E-state index contributed by atoms with van der Waals surface area (Å²) < 4.78 is 11.1. The third kappa shape index (κ3) is 4.97. The van der Waals surface area contributed by atoms with Crippen molar-refractivity contribution in [1.29, 1.82) is 0 Å². The number of carbonyl (C=O) groups is 3. The van der Waals surface area contributed by atoms with E-state index in [1.165, 1.54) is 5.57 Å². The molecule has 28 heavy (non-hydrogen) atoms. The molecule has 0 spiro atoms. The van der Waals surface area contributed by atoms with Crippen molar-refractivity contribution in [3.05, 3.63) is 59.7 Å². The lowest BCUT2D eigenvalue weighted by Gasteiger charge is -2.20. The lowest BCUT2D eigenvalue weighted by molar-refractivity contribution is -0.141. The molecular formula is C23H26O5. The van der Waals surface area contributed by atoms with E-state index in [1.807, 2.05) is 26.0 Å². The third-order valence-corrected chi connectivity index (χ3v) is 5.27. The molecule has 1 heterocycles. The summed E-state index contributed by atoms with van der Waals surface area (Å²) >= 11 is 0. The summed E-state index contributed by atoms with van der Waals surface area (Å²) in [6, 6.07) is 8.81. The molecule has 3 rings (SSSR count). The van der Waals surface area contributed by atoms with E-state index in [0.717, 1.165) is 0 Å². The maximum atomic E-state index is 12.4. The van der Waals surface area contributed by atoms with Crippen LogP contribution in [0.25, 0.3) is 0 Å². The van der Waals surface area contributed by atoms with Crippen LogP contribution in [-0.2, 0) is 19.1 Å². The number of ketones is 1. The molecule has 1 aromatic rings. The highest BCUT2D eigenvalue weighted by atomic mass is 16.6. The van der Waals surface area contributed by atoms with Gasteiger partial charge in [-0.1, -0.05) is 35.9 Å². The number of ether oxygens (including phenoxy) is 2. The SMILES string of the molecule is CC(C)=CCCC(=O)C=C[C@@H]1[C@H]2CC(=O)O[C@H]2C[C@H]1OC(=O)c1ccccc1. The number of hydrogen-bond acceptors (Lipinski definition) is 5. The molecule has 4 atom stereocenters. The van der Waals surface area contributed by atoms with Gasteiger partial charge in [-0.2, -0.15) is 0 Å². The maximum absolute atomic E-state index is 12.4. The zero-order valence-corrected chi connectivity index (χ0v) is 16.3. The molecule has 0 bridgehead atoms. The van der Waals surface area contributed by atoms with E-state index in [1.54, 1.807) is 36.4 Å². The molecule has 148 valence electrons. The molecule has 1 saturated heterocycles. The average Bonchev–Trinajstić information content (AvgIpc) is 3.16. The van der Waals surface area contributed by atoms with Gasteiger partial charge in [0.05, 0.1) is 12.0 Å². The Bertz CT molecular complexity index is 788. The van der Waals surface area contributed by atoms with E-state index in [-0.39, 0.29) is 29.7 Å². The van der Waals surface area contributed by atoms with Gasteiger partial charge in [0.2, 0.25) is 0 Å². The van der Waals surface area contributed by atoms with E-state index in [0.29, 0.717) is 31.2 Å². The van der Waals surface area contributed by atoms with Gasteiger partial charge >= 0.3 is 11.9 Å². The number of esters is 2. The van der Waals surface area contributed by atoms with Crippen molar-refractivity contribution in [2.75, 3.05) is 0 Å². The molecule has 0 amide bonds. The molecule has 0 aromatic heterocycles. The fraction of sp³-hybridized carbons (Fsp3) is 0.435. The van der Waals surface area contributed by atoms with Crippen LogP contribution in [0.2, 0.25) is 0 Å². The monoisotopic (exact) mass is 382 g/mol. The van der Waals surface area contributed by atoms with Gasteiger partial charge in [-0.25, -0.2) is 4.79 Å². The first kappa shape index (κ1) is 20.1. The summed E-state index contributed by atoms with van der Waals surface area (Å²) in [5.41, 5.74) is 1.67. The highest BCUT2D eigenvalue weighted by Gasteiger charge is 2.50. The second-order valence-corrected chi connectivity index (χ2v) is 7.66. The van der Waals surface area contributed by atoms with Crippen molar-refractivity contribution >= 4 is 17.7 Å². The molecule has 2 aliphatic rings. The minimum atomic E-state index is -0.405. The molecule has 1 aliphatic carbocycles. The summed E-state index contributed by atoms with van der Waals surface area (Å²) in [7, 11) is 0. The minimum Gasteiger partial charge on any atom is -0.462 e. The number of benzene rings is 1. The number of allylic oxidation sites excluding steroid dienone is 3. The summed E-state index contributed by atoms with van der Waals surface area (Å²) in [5, 5.41) is 0. The number of fused-ring (bicyclic) bond motifs is 1. The normalized spacial score (nSPS) is 26.0. The van der Waals surface area contributed by atoms with E-state index in [2.05, 4.69) is 0 Å². The van der Waals surface area contributed by atoms with E-state index in [9.17, 15) is 14.4 Å². The van der Waals surface area contributed by atoms with Crippen LogP contribution in [0.5, 0.6) is 0 Å². The van der Waals surface area contributed by atoms with Crippen LogP contribution in [0, 0.1) is 11.8 Å². The third-order valence-electron chi connectivity index (χ3n) is 5.27. The van der Waals surface area contributed by atoms with E-state index in [4.69, 9.17) is 9.47 Å². The standard InChI is InChI=1S/C23H26O5/c1-15(2)7-6-10-17(24)11-12-18-19-13-22(25)27-21(19)14-20(18)28-23(26)16-8-4-3-5-9-16/h3-5,7-9,11-12,18-21H,6,10,13-14H2,1-2H3/t18-,19-,20-,21+/m1/s1. The first-order valence-corrected chi connectivity index (χ1v) is 9.74. The first-order chi connectivity index (χ1) is 13.4. The lowest BCUT2D eigenvalue weighted by atomic mass is 9.91. The smallest absolute Gasteiger partial charge is 0.338 e. The van der Waals surface area contributed by atoms with Crippen molar-refractivity contribution in [3.8, 4) is 0 Å². The van der Waals surface area contributed by atoms with Crippen molar-refractivity contribution in [2.24, 2.45) is 11.8 Å². The zero-order valence-electron chi connectivity index (χ0n) is 16.3. The topological polar surface area (TPSA) is 69.7 Å². The van der Waals surface area contributed by atoms with Crippen LogP contribution in [0.1, 0.15) is 49.9 Å². The lowest BCUT2D eigenvalue weighted by Crippen LogP contribution is -2.24. The van der Waals surface area contributed by atoms with Gasteiger partial charge in [0.15, 0.2) is 5.78 Å². The molecule has 0 radical (unpaired) electrons. The van der Waals surface area contributed by atoms with Gasteiger partial charge in [0.25, 0.3) is 0 Å². The molecular weight excluding hydrogens is 356 g/mol. The van der Waals surface area contributed by atoms with Gasteiger partial charge in [0, 0.05) is 24.7 Å². The average molecular weight is 382 g/mol. The molecule has 5 heteroatoms. The number of hydrogen-bond donors (Lipinski definition) is 0. The molecule has 1 aliphatic heterocycles. The summed E-state index contributed by atoms with van der Waals surface area (Å²) in [4.78, 5) is 36.3. The van der Waals surface area contributed by atoms with Crippen molar-refractivity contribution in [1.82, 2.24) is 0 Å². The van der Waals surface area contributed by atoms with Gasteiger partial charge in [-0.05, 0) is 38.5 Å². The fourth-order valence-corrected chi connectivity index (χ4v) is 3.87. The van der Waals surface area contributed by atoms with Crippen LogP contribution < -0.4 is 0 Å². The summed E-state index contributed by atoms with van der Waals surface area (Å²) in [5.74, 6) is -0.847. The Morgan fingerprint density at radius 2 is 1.96 bits per heavy atom. The highest BCUT2D eigenvalue weighted by molar-refractivity contribution is 5.90. The van der Waals surface area contributed by atoms with E-state index >= 15 is 0 Å². The van der Waals surface area contributed by atoms with Crippen molar-refractivity contribution < 1.29 is 23.9 Å². The predicted octanol–water partition coefficient (Wildman–Crippen LogP) is 4.04. The van der Waals surface area contributed by atoms with Gasteiger partial charge in [-0.3, -0.25) is 9.59 Å². The second-order valence-electron chi connectivity index (χ2n) is 7.66. The Labute approximate surface area is 165 Å². The van der Waals surface area contributed by atoms with Crippen LogP contribution in [0.15, 0.2) is 54.1 Å². The zero-order chi connectivity index (χ0) is 20.1. The van der Waals surface area contributed by atoms with Crippen molar-refractivity contribution in [2.45, 2.75) is 51.7 Å². The van der Waals surface area contributed by atoms with E-state index < -0.39 is 12.1 Å². The quantitative estimate of drug-likeness (QED) is 0.404. The van der Waals surface area contributed by atoms with Gasteiger partial charge in [-0.15, -0.1) is 0 Å². The maximum Gasteiger partial charge on any atom is 0.338 e. The molecule has 5 nitrogen and oxygen atoms in total. The Morgan fingerprint density at radius 1 is 1.21 bits per heavy atom. The van der Waals surface area contributed by atoms with Crippen LogP contribution >= 0.6 is 0 Å². The second kappa shape index (κ2) is 9.00. The Morgan fingerprint density at radius 3 is 2.68 bits per heavy atom. The van der Waals surface area contributed by atoms with Gasteiger partial charge in [0.1, 0.15) is 12.2 Å². The Balaban J connectivity index is 1.68. The van der Waals surface area contributed by atoms with Crippen LogP contribution in [-0.4, -0.2) is 29.9 Å². The molecule has 1 aromatic carbocycles. The van der Waals surface area contributed by atoms with Crippen LogP contribution in [0.4, 0.5) is 0 Å². The number of rotatable bonds is 7. The molecule has 0 N–H and O–H groups in total. The minimum absolute atomic E-state index is 0.0272. The fourth-order valence-electron chi connectivity index (χ4n) is 3.87. The molecule has 2 fully saturated rings. The number of carbonyl (C=O) groups excluding carboxylic acids is 3. The predicted molar refractivity (Wildman–Crippen MR) is 105 cm³/mol. The van der Waals surface area contributed by atoms with Crippen molar-refractivity contribution in [3.63, 3.8) is 0 Å². The Kier molecular flexibility index (Phi) is 6.45. The Hall–Kier alpha value is -2.69. The first-order valence-electron chi connectivity index (χ1n) is 9.74. The van der Waals surface area contributed by atoms with Crippen LogP contribution in [0.3, 0.4) is 0 Å². The summed E-state index contributed by atoms with van der Waals surface area (Å²) in [6.45, 7) is 4.00.